The number of halogens is 2. The molecule has 0 aliphatic heterocycles. The first-order valence-electron chi connectivity index (χ1n) is 9.59. The van der Waals surface area contributed by atoms with E-state index in [1.165, 1.54) is 11.8 Å². The molecule has 3 aromatic rings. The number of para-hydroxylation sites is 2. The van der Waals surface area contributed by atoms with Gasteiger partial charge in [0, 0.05) is 16.3 Å². The predicted molar refractivity (Wildman–Crippen MR) is 140 cm³/mol. The SMILES string of the molecule is COc1ccccc1NC(=S)Nc1cccc(SC(C)C(=O)Nc2ccc(Cl)c(Cl)c2)c1. The van der Waals surface area contributed by atoms with Gasteiger partial charge in [0.25, 0.3) is 0 Å². The van der Waals surface area contributed by atoms with Crippen molar-refractivity contribution in [3.05, 3.63) is 76.8 Å². The van der Waals surface area contributed by atoms with E-state index in [4.69, 9.17) is 40.2 Å². The number of hydrogen-bond acceptors (Lipinski definition) is 4. The number of benzene rings is 3. The van der Waals surface area contributed by atoms with Crippen LogP contribution in [0.15, 0.2) is 71.6 Å². The van der Waals surface area contributed by atoms with E-state index < -0.39 is 0 Å². The molecule has 3 aromatic carbocycles. The van der Waals surface area contributed by atoms with Gasteiger partial charge in [0.2, 0.25) is 5.91 Å². The summed E-state index contributed by atoms with van der Waals surface area (Å²) in [6, 6.07) is 20.2. The van der Waals surface area contributed by atoms with E-state index in [0.717, 1.165) is 16.3 Å². The molecule has 3 rings (SSSR count). The van der Waals surface area contributed by atoms with Gasteiger partial charge in [0.1, 0.15) is 5.75 Å². The Hall–Kier alpha value is -2.45. The molecule has 0 fully saturated rings. The maximum Gasteiger partial charge on any atom is 0.237 e. The molecule has 0 spiro atoms. The van der Waals surface area contributed by atoms with E-state index in [1.54, 1.807) is 25.3 Å². The summed E-state index contributed by atoms with van der Waals surface area (Å²) < 4.78 is 5.33. The van der Waals surface area contributed by atoms with Crippen molar-refractivity contribution in [3.63, 3.8) is 0 Å². The molecule has 1 amide bonds. The Morgan fingerprint density at radius 3 is 2.44 bits per heavy atom. The number of carbonyl (C=O) groups is 1. The summed E-state index contributed by atoms with van der Waals surface area (Å²) >= 11 is 18.8. The lowest BCUT2D eigenvalue weighted by Crippen LogP contribution is -2.22. The molecule has 0 aromatic heterocycles. The quantitative estimate of drug-likeness (QED) is 0.239. The van der Waals surface area contributed by atoms with E-state index in [0.29, 0.717) is 26.6 Å². The standard InChI is InChI=1S/C23H21Cl2N3O2S2/c1-14(22(29)26-16-10-11-18(24)19(25)13-16)32-17-7-5-6-15(12-17)27-23(31)28-20-8-3-4-9-21(20)30-2/h3-14H,1-2H3,(H,26,29)(H2,27,28,31). The van der Waals surface area contributed by atoms with Crippen molar-refractivity contribution in [2.45, 2.75) is 17.1 Å². The monoisotopic (exact) mass is 505 g/mol. The molecule has 166 valence electrons. The Morgan fingerprint density at radius 1 is 0.938 bits per heavy atom. The summed E-state index contributed by atoms with van der Waals surface area (Å²) in [5.41, 5.74) is 2.17. The molecule has 0 saturated heterocycles. The Balaban J connectivity index is 1.59. The van der Waals surface area contributed by atoms with Crippen LogP contribution in [-0.2, 0) is 4.79 Å². The van der Waals surface area contributed by atoms with E-state index >= 15 is 0 Å². The van der Waals surface area contributed by atoms with Crippen LogP contribution in [0.25, 0.3) is 0 Å². The minimum Gasteiger partial charge on any atom is -0.495 e. The summed E-state index contributed by atoms with van der Waals surface area (Å²) in [6.45, 7) is 1.84. The third-order valence-electron chi connectivity index (χ3n) is 4.32. The number of thiocarbonyl (C=S) groups is 1. The largest absolute Gasteiger partial charge is 0.495 e. The van der Waals surface area contributed by atoms with Crippen LogP contribution < -0.4 is 20.7 Å². The van der Waals surface area contributed by atoms with Crippen molar-refractivity contribution < 1.29 is 9.53 Å². The summed E-state index contributed by atoms with van der Waals surface area (Å²) in [6.07, 6.45) is 0. The average Bonchev–Trinajstić information content (AvgIpc) is 2.76. The van der Waals surface area contributed by atoms with E-state index in [1.807, 2.05) is 55.5 Å². The molecule has 0 heterocycles. The Kier molecular flexibility index (Phi) is 8.64. The summed E-state index contributed by atoms with van der Waals surface area (Å²) in [5, 5.41) is 10.1. The highest BCUT2D eigenvalue weighted by Gasteiger charge is 2.15. The molecular weight excluding hydrogens is 485 g/mol. The Bertz CT molecular complexity index is 1130. The van der Waals surface area contributed by atoms with Crippen LogP contribution in [0.1, 0.15) is 6.92 Å². The van der Waals surface area contributed by atoms with E-state index in [9.17, 15) is 4.79 Å². The van der Waals surface area contributed by atoms with Crippen molar-refractivity contribution >= 4 is 75.3 Å². The highest BCUT2D eigenvalue weighted by Crippen LogP contribution is 2.29. The van der Waals surface area contributed by atoms with Crippen LogP contribution in [0.4, 0.5) is 17.1 Å². The van der Waals surface area contributed by atoms with Gasteiger partial charge in [-0.25, -0.2) is 0 Å². The molecule has 0 aliphatic carbocycles. The van der Waals surface area contributed by atoms with E-state index in [-0.39, 0.29) is 11.2 Å². The van der Waals surface area contributed by atoms with Crippen molar-refractivity contribution in [1.29, 1.82) is 0 Å². The zero-order valence-corrected chi connectivity index (χ0v) is 20.5. The first kappa shape index (κ1) is 24.2. The molecule has 0 radical (unpaired) electrons. The Labute approximate surface area is 206 Å². The second kappa shape index (κ2) is 11.4. The summed E-state index contributed by atoms with van der Waals surface area (Å²) in [4.78, 5) is 13.5. The topological polar surface area (TPSA) is 62.4 Å². The van der Waals surface area contributed by atoms with Gasteiger partial charge in [-0.05, 0) is 67.7 Å². The molecule has 0 saturated carbocycles. The van der Waals surface area contributed by atoms with Crippen LogP contribution in [0, 0.1) is 0 Å². The maximum absolute atomic E-state index is 12.6. The Morgan fingerprint density at radius 2 is 1.69 bits per heavy atom. The second-order valence-corrected chi connectivity index (χ2v) is 9.32. The van der Waals surface area contributed by atoms with Crippen LogP contribution >= 0.6 is 47.2 Å². The number of thioether (sulfide) groups is 1. The number of hydrogen-bond donors (Lipinski definition) is 3. The van der Waals surface area contributed by atoms with Gasteiger partial charge >= 0.3 is 0 Å². The van der Waals surface area contributed by atoms with Gasteiger partial charge in [0.15, 0.2) is 5.11 Å². The van der Waals surface area contributed by atoms with E-state index in [2.05, 4.69) is 16.0 Å². The molecule has 32 heavy (non-hydrogen) atoms. The molecular formula is C23H21Cl2N3O2S2. The minimum absolute atomic E-state index is 0.139. The number of nitrogens with one attached hydrogen (secondary N) is 3. The molecule has 0 bridgehead atoms. The summed E-state index contributed by atoms with van der Waals surface area (Å²) in [7, 11) is 1.61. The van der Waals surface area contributed by atoms with Gasteiger partial charge in [-0.2, -0.15) is 0 Å². The fraction of sp³-hybridized carbons (Fsp3) is 0.130. The molecule has 1 unspecified atom stereocenters. The summed E-state index contributed by atoms with van der Waals surface area (Å²) in [5.74, 6) is 0.558. The van der Waals surface area contributed by atoms with Crippen molar-refractivity contribution in [1.82, 2.24) is 0 Å². The fourth-order valence-corrected chi connectivity index (χ4v) is 4.21. The molecule has 0 aliphatic rings. The lowest BCUT2D eigenvalue weighted by molar-refractivity contribution is -0.115. The molecule has 5 nitrogen and oxygen atoms in total. The van der Waals surface area contributed by atoms with Gasteiger partial charge in [-0.3, -0.25) is 4.79 Å². The smallest absolute Gasteiger partial charge is 0.237 e. The first-order chi connectivity index (χ1) is 15.4. The second-order valence-electron chi connectivity index (χ2n) is 6.69. The van der Waals surface area contributed by atoms with Gasteiger partial charge in [-0.1, -0.05) is 41.4 Å². The minimum atomic E-state index is -0.335. The van der Waals surface area contributed by atoms with Crippen molar-refractivity contribution in [2.75, 3.05) is 23.1 Å². The highest BCUT2D eigenvalue weighted by atomic mass is 35.5. The lowest BCUT2D eigenvalue weighted by atomic mass is 10.3. The maximum atomic E-state index is 12.6. The van der Waals surface area contributed by atoms with Crippen LogP contribution in [0.3, 0.4) is 0 Å². The highest BCUT2D eigenvalue weighted by molar-refractivity contribution is 8.00. The third-order valence-corrected chi connectivity index (χ3v) is 6.35. The first-order valence-corrected chi connectivity index (χ1v) is 11.6. The third kappa shape index (κ3) is 6.77. The zero-order chi connectivity index (χ0) is 23.1. The fourth-order valence-electron chi connectivity index (χ4n) is 2.76. The number of carbonyl (C=O) groups excluding carboxylic acids is 1. The molecule has 1 atom stereocenters. The number of rotatable bonds is 7. The van der Waals surface area contributed by atoms with Crippen LogP contribution in [-0.4, -0.2) is 23.4 Å². The zero-order valence-electron chi connectivity index (χ0n) is 17.3. The number of anilines is 3. The average molecular weight is 506 g/mol. The normalized spacial score (nSPS) is 11.4. The van der Waals surface area contributed by atoms with Crippen LogP contribution in [0.2, 0.25) is 10.0 Å². The van der Waals surface area contributed by atoms with Crippen molar-refractivity contribution in [2.24, 2.45) is 0 Å². The molecule has 9 heteroatoms. The number of amides is 1. The predicted octanol–water partition coefficient (Wildman–Crippen LogP) is 6.93. The van der Waals surface area contributed by atoms with Gasteiger partial charge in [0.05, 0.1) is 28.1 Å². The van der Waals surface area contributed by atoms with Gasteiger partial charge < -0.3 is 20.7 Å². The lowest BCUT2D eigenvalue weighted by Gasteiger charge is -2.15. The number of ether oxygens (including phenoxy) is 1. The van der Waals surface area contributed by atoms with Gasteiger partial charge in [-0.15, -0.1) is 11.8 Å². The van der Waals surface area contributed by atoms with Crippen LogP contribution in [0.5, 0.6) is 5.75 Å². The number of methoxy groups -OCH3 is 1. The van der Waals surface area contributed by atoms with Crippen molar-refractivity contribution in [3.8, 4) is 5.75 Å². The molecule has 3 N–H and O–H groups in total.